The molecule has 1 heterocycles. The quantitative estimate of drug-likeness (QED) is 0.902. The van der Waals surface area contributed by atoms with Crippen LogP contribution in [-0.2, 0) is 16.4 Å². The van der Waals surface area contributed by atoms with Crippen molar-refractivity contribution >= 4 is 10.0 Å². The molecule has 2 N–H and O–H groups in total. The minimum Gasteiger partial charge on any atom is -0.298 e. The van der Waals surface area contributed by atoms with Gasteiger partial charge in [-0.15, -0.1) is 10.2 Å². The van der Waals surface area contributed by atoms with Crippen molar-refractivity contribution in [3.05, 3.63) is 5.82 Å². The van der Waals surface area contributed by atoms with Gasteiger partial charge in [-0.1, -0.05) is 27.7 Å². The third-order valence-corrected chi connectivity index (χ3v) is 3.79. The fourth-order valence-electron chi connectivity index (χ4n) is 2.59. The average Bonchev–Trinajstić information content (AvgIpc) is 2.57. The zero-order valence-corrected chi connectivity index (χ0v) is 14.0. The highest BCUT2D eigenvalue weighted by Crippen LogP contribution is 2.27. The highest BCUT2D eigenvalue weighted by molar-refractivity contribution is 7.89. The lowest BCUT2D eigenvalue weighted by Crippen LogP contribution is -2.21. The number of nitrogens with two attached hydrogens (primary N) is 1. The number of hydrogen-bond acceptors (Lipinski definition) is 4. The number of sulfonamides is 1. The summed E-state index contributed by atoms with van der Waals surface area (Å²) in [6, 6.07) is -0.0461. The number of rotatable bonds is 5. The molecule has 0 amide bonds. The second kappa shape index (κ2) is 5.81. The molecule has 20 heavy (non-hydrogen) atoms. The Hall–Kier alpha value is -0.950. The van der Waals surface area contributed by atoms with E-state index in [2.05, 4.69) is 37.9 Å². The van der Waals surface area contributed by atoms with Crippen LogP contribution in [0.5, 0.6) is 0 Å². The van der Waals surface area contributed by atoms with Gasteiger partial charge in [-0.2, -0.15) is 0 Å². The summed E-state index contributed by atoms with van der Waals surface area (Å²) < 4.78 is 24.7. The highest BCUT2D eigenvalue weighted by atomic mass is 32.2. The summed E-state index contributed by atoms with van der Waals surface area (Å²) in [5.41, 5.74) is 0.227. The molecule has 0 radical (unpaired) electrons. The fraction of sp³-hybridized carbons (Fsp3) is 0.846. The van der Waals surface area contributed by atoms with Crippen LogP contribution in [0.2, 0.25) is 0 Å². The average molecular weight is 302 g/mol. The molecular formula is C13H26N4O2S. The van der Waals surface area contributed by atoms with Crippen molar-refractivity contribution in [3.63, 3.8) is 0 Å². The van der Waals surface area contributed by atoms with Gasteiger partial charge >= 0.3 is 0 Å². The molecule has 0 saturated heterocycles. The number of nitrogens with zero attached hydrogens (tertiary/aromatic N) is 3. The molecule has 0 aliphatic heterocycles. The Labute approximate surface area is 121 Å². The molecule has 116 valence electrons. The van der Waals surface area contributed by atoms with Crippen molar-refractivity contribution in [1.29, 1.82) is 0 Å². The smallest absolute Gasteiger partial charge is 0.273 e. The van der Waals surface area contributed by atoms with Gasteiger partial charge in [0, 0.05) is 12.5 Å². The van der Waals surface area contributed by atoms with E-state index in [4.69, 9.17) is 5.14 Å². The first-order valence-corrected chi connectivity index (χ1v) is 8.43. The van der Waals surface area contributed by atoms with Crippen LogP contribution in [0.3, 0.4) is 0 Å². The monoisotopic (exact) mass is 302 g/mol. The molecule has 1 rings (SSSR count). The SMILES string of the molecule is CC(Cc1nnc(S(N)(=O)=O)n1C(C)C)CC(C)(C)C. The van der Waals surface area contributed by atoms with E-state index >= 15 is 0 Å². The van der Waals surface area contributed by atoms with E-state index in [0.717, 1.165) is 6.42 Å². The van der Waals surface area contributed by atoms with Crippen LogP contribution >= 0.6 is 0 Å². The molecule has 0 bridgehead atoms. The first kappa shape index (κ1) is 17.1. The minimum atomic E-state index is -3.84. The van der Waals surface area contributed by atoms with Gasteiger partial charge in [0.25, 0.3) is 15.2 Å². The van der Waals surface area contributed by atoms with E-state index in [0.29, 0.717) is 18.2 Å². The summed E-state index contributed by atoms with van der Waals surface area (Å²) in [5, 5.41) is 12.8. The summed E-state index contributed by atoms with van der Waals surface area (Å²) >= 11 is 0. The largest absolute Gasteiger partial charge is 0.298 e. The summed E-state index contributed by atoms with van der Waals surface area (Å²) in [6.07, 6.45) is 1.72. The van der Waals surface area contributed by atoms with Gasteiger partial charge < -0.3 is 0 Å². The van der Waals surface area contributed by atoms with E-state index in [1.165, 1.54) is 0 Å². The lowest BCUT2D eigenvalue weighted by atomic mass is 9.84. The van der Waals surface area contributed by atoms with Crippen molar-refractivity contribution < 1.29 is 8.42 Å². The van der Waals surface area contributed by atoms with Crippen molar-refractivity contribution in [1.82, 2.24) is 14.8 Å². The van der Waals surface area contributed by atoms with Gasteiger partial charge in [-0.05, 0) is 31.6 Å². The van der Waals surface area contributed by atoms with Gasteiger partial charge in [0.2, 0.25) is 0 Å². The van der Waals surface area contributed by atoms with E-state index in [-0.39, 0.29) is 16.6 Å². The summed E-state index contributed by atoms with van der Waals surface area (Å²) in [4.78, 5) is 0. The van der Waals surface area contributed by atoms with Gasteiger partial charge in [0.05, 0.1) is 0 Å². The predicted molar refractivity (Wildman–Crippen MR) is 78.7 cm³/mol. The number of primary sulfonamides is 1. The molecule has 1 aromatic heterocycles. The van der Waals surface area contributed by atoms with Gasteiger partial charge in [0.15, 0.2) is 0 Å². The molecule has 0 aliphatic rings. The van der Waals surface area contributed by atoms with E-state index in [9.17, 15) is 8.42 Å². The molecule has 0 aromatic carbocycles. The zero-order valence-electron chi connectivity index (χ0n) is 13.2. The summed E-state index contributed by atoms with van der Waals surface area (Å²) in [7, 11) is -3.84. The fourth-order valence-corrected chi connectivity index (χ4v) is 3.33. The third kappa shape index (κ3) is 4.56. The predicted octanol–water partition coefficient (Wildman–Crippen LogP) is 2.12. The Balaban J connectivity index is 3.06. The Morgan fingerprint density at radius 3 is 2.15 bits per heavy atom. The van der Waals surface area contributed by atoms with Crippen molar-refractivity contribution in [2.45, 2.75) is 65.6 Å². The normalized spacial score (nSPS) is 14.8. The van der Waals surface area contributed by atoms with Crippen LogP contribution in [0.1, 0.15) is 59.8 Å². The summed E-state index contributed by atoms with van der Waals surface area (Å²) in [6.45, 7) is 12.5. The molecule has 1 atom stereocenters. The van der Waals surface area contributed by atoms with Crippen LogP contribution < -0.4 is 5.14 Å². The van der Waals surface area contributed by atoms with Gasteiger partial charge in [0.1, 0.15) is 5.82 Å². The lowest BCUT2D eigenvalue weighted by molar-refractivity contribution is 0.300. The van der Waals surface area contributed by atoms with E-state index in [1.54, 1.807) is 4.57 Å². The molecule has 1 unspecified atom stereocenters. The topological polar surface area (TPSA) is 90.9 Å². The van der Waals surface area contributed by atoms with Crippen LogP contribution in [0.4, 0.5) is 0 Å². The first-order valence-electron chi connectivity index (χ1n) is 6.88. The van der Waals surface area contributed by atoms with E-state index < -0.39 is 10.0 Å². The second-order valence-electron chi connectivity index (χ2n) is 6.98. The second-order valence-corrected chi connectivity index (χ2v) is 8.44. The third-order valence-electron chi connectivity index (χ3n) is 3.00. The number of hydrogen-bond donors (Lipinski definition) is 1. The van der Waals surface area contributed by atoms with Crippen LogP contribution in [-0.4, -0.2) is 23.2 Å². The molecule has 0 fully saturated rings. The maximum absolute atomic E-state index is 11.5. The summed E-state index contributed by atoms with van der Waals surface area (Å²) in [5.74, 6) is 1.07. The molecule has 1 aromatic rings. The van der Waals surface area contributed by atoms with Crippen LogP contribution in [0.15, 0.2) is 5.16 Å². The van der Waals surface area contributed by atoms with E-state index in [1.807, 2.05) is 13.8 Å². The molecule has 7 heteroatoms. The van der Waals surface area contributed by atoms with Crippen molar-refractivity contribution in [2.75, 3.05) is 0 Å². The van der Waals surface area contributed by atoms with Crippen LogP contribution in [0.25, 0.3) is 0 Å². The maximum Gasteiger partial charge on any atom is 0.273 e. The van der Waals surface area contributed by atoms with Gasteiger partial charge in [-0.3, -0.25) is 4.57 Å². The Kier molecular flexibility index (Phi) is 4.97. The van der Waals surface area contributed by atoms with Crippen molar-refractivity contribution in [3.8, 4) is 0 Å². The standard InChI is InChI=1S/C13H26N4O2S/c1-9(2)17-11(7-10(3)8-13(4,5)6)15-16-12(17)20(14,18)19/h9-10H,7-8H2,1-6H3,(H2,14,18,19). The Morgan fingerprint density at radius 1 is 1.20 bits per heavy atom. The maximum atomic E-state index is 11.5. The molecule has 6 nitrogen and oxygen atoms in total. The highest BCUT2D eigenvalue weighted by Gasteiger charge is 2.25. The lowest BCUT2D eigenvalue weighted by Gasteiger charge is -2.23. The van der Waals surface area contributed by atoms with Crippen LogP contribution in [0, 0.1) is 11.3 Å². The first-order chi connectivity index (χ1) is 8.92. The van der Waals surface area contributed by atoms with Gasteiger partial charge in [-0.25, -0.2) is 13.6 Å². The molecular weight excluding hydrogens is 276 g/mol. The molecule has 0 spiro atoms. The number of aromatic nitrogens is 3. The molecule has 0 aliphatic carbocycles. The Bertz CT molecular complexity index is 555. The van der Waals surface area contributed by atoms with Crippen molar-refractivity contribution in [2.24, 2.45) is 16.5 Å². The Morgan fingerprint density at radius 2 is 1.75 bits per heavy atom. The minimum absolute atomic E-state index is 0.0461. The zero-order chi connectivity index (χ0) is 15.7. The molecule has 0 saturated carbocycles.